The minimum Gasteiger partial charge on any atom is -0.496 e. The highest BCUT2D eigenvalue weighted by Crippen LogP contribution is 2.30. The molecule has 3 aromatic carbocycles. The first-order valence-electron chi connectivity index (χ1n) is 7.87. The van der Waals surface area contributed by atoms with Crippen molar-refractivity contribution >= 4 is 44.4 Å². The van der Waals surface area contributed by atoms with Crippen LogP contribution in [-0.4, -0.2) is 13.0 Å². The van der Waals surface area contributed by atoms with E-state index < -0.39 is 5.91 Å². The second kappa shape index (κ2) is 7.85. The molecule has 0 spiro atoms. The van der Waals surface area contributed by atoms with Crippen LogP contribution in [0.5, 0.6) is 5.75 Å². The van der Waals surface area contributed by atoms with Gasteiger partial charge in [0.1, 0.15) is 17.4 Å². The van der Waals surface area contributed by atoms with Gasteiger partial charge in [-0.15, -0.1) is 0 Å². The first kappa shape index (κ1) is 17.7. The van der Waals surface area contributed by atoms with Crippen LogP contribution in [0.15, 0.2) is 70.7 Å². The quantitative estimate of drug-likeness (QED) is 0.480. The van der Waals surface area contributed by atoms with Gasteiger partial charge in [-0.05, 0) is 51.0 Å². The average Bonchev–Trinajstić information content (AvgIpc) is 2.67. The van der Waals surface area contributed by atoms with Gasteiger partial charge in [-0.25, -0.2) is 0 Å². The topological polar surface area (TPSA) is 62.1 Å². The molecule has 0 atom stereocenters. The summed E-state index contributed by atoms with van der Waals surface area (Å²) in [6.07, 6.45) is 1.56. The Morgan fingerprint density at radius 3 is 2.58 bits per heavy atom. The van der Waals surface area contributed by atoms with Crippen LogP contribution in [0.25, 0.3) is 16.8 Å². The second-order valence-corrected chi connectivity index (χ2v) is 6.36. The number of carbonyl (C=O) groups is 1. The number of nitrogens with one attached hydrogen (secondary N) is 1. The van der Waals surface area contributed by atoms with E-state index in [2.05, 4.69) is 21.2 Å². The maximum Gasteiger partial charge on any atom is 0.266 e. The molecule has 3 aromatic rings. The predicted octanol–water partition coefficient (Wildman–Crippen LogP) is 5.16. The molecule has 0 aliphatic rings. The van der Waals surface area contributed by atoms with Crippen LogP contribution >= 0.6 is 15.9 Å². The lowest BCUT2D eigenvalue weighted by Gasteiger charge is -2.10. The number of rotatable bonds is 4. The number of amides is 1. The summed E-state index contributed by atoms with van der Waals surface area (Å²) in [5.41, 5.74) is 1.29. The Balaban J connectivity index is 2.04. The standard InChI is InChI=1S/C21H15BrN2O2/c1-26-20-11-10-14-6-2-3-7-16(14)17(20)12-15(13-23)21(25)24-19-9-5-4-8-18(19)22/h2-12H,1H3,(H,24,25)/b15-12-. The molecule has 0 fully saturated rings. The zero-order chi connectivity index (χ0) is 18.5. The fraction of sp³-hybridized carbons (Fsp3) is 0.0476. The van der Waals surface area contributed by atoms with Crippen LogP contribution in [0.3, 0.4) is 0 Å². The largest absolute Gasteiger partial charge is 0.496 e. The van der Waals surface area contributed by atoms with Crippen LogP contribution in [-0.2, 0) is 4.79 Å². The number of ether oxygens (including phenoxy) is 1. The molecule has 0 unspecified atom stereocenters. The fourth-order valence-electron chi connectivity index (χ4n) is 2.65. The number of nitriles is 1. The Hall–Kier alpha value is -3.10. The number of hydrogen-bond acceptors (Lipinski definition) is 3. The van der Waals surface area contributed by atoms with Crippen LogP contribution in [0.4, 0.5) is 5.69 Å². The van der Waals surface area contributed by atoms with Crippen LogP contribution < -0.4 is 10.1 Å². The van der Waals surface area contributed by atoms with Gasteiger partial charge < -0.3 is 10.1 Å². The van der Waals surface area contributed by atoms with Crippen LogP contribution in [0.1, 0.15) is 5.56 Å². The number of benzene rings is 3. The molecule has 0 saturated carbocycles. The van der Waals surface area contributed by atoms with Crippen molar-refractivity contribution in [3.63, 3.8) is 0 Å². The van der Waals surface area contributed by atoms with Gasteiger partial charge in [0.15, 0.2) is 0 Å². The molecule has 4 nitrogen and oxygen atoms in total. The smallest absolute Gasteiger partial charge is 0.266 e. The van der Waals surface area contributed by atoms with Crippen molar-refractivity contribution in [1.82, 2.24) is 0 Å². The molecular weight excluding hydrogens is 392 g/mol. The van der Waals surface area contributed by atoms with Crippen molar-refractivity contribution in [1.29, 1.82) is 5.26 Å². The van der Waals surface area contributed by atoms with Gasteiger partial charge in [-0.3, -0.25) is 4.79 Å². The van der Waals surface area contributed by atoms with E-state index in [1.54, 1.807) is 19.3 Å². The van der Waals surface area contributed by atoms with Crippen molar-refractivity contribution in [2.75, 3.05) is 12.4 Å². The molecule has 26 heavy (non-hydrogen) atoms. The minimum absolute atomic E-state index is 0.00425. The lowest BCUT2D eigenvalue weighted by Crippen LogP contribution is -2.13. The summed E-state index contributed by atoms with van der Waals surface area (Å²) >= 11 is 3.38. The van der Waals surface area contributed by atoms with Gasteiger partial charge in [-0.1, -0.05) is 42.5 Å². The van der Waals surface area contributed by atoms with Crippen LogP contribution in [0.2, 0.25) is 0 Å². The monoisotopic (exact) mass is 406 g/mol. The third-order valence-electron chi connectivity index (χ3n) is 3.93. The van der Waals surface area contributed by atoms with Gasteiger partial charge >= 0.3 is 0 Å². The normalized spacial score (nSPS) is 11.0. The van der Waals surface area contributed by atoms with Gasteiger partial charge in [0.25, 0.3) is 5.91 Å². The van der Waals surface area contributed by atoms with E-state index in [9.17, 15) is 10.1 Å². The predicted molar refractivity (Wildman–Crippen MR) is 107 cm³/mol. The van der Waals surface area contributed by atoms with Gasteiger partial charge in [0, 0.05) is 10.0 Å². The van der Waals surface area contributed by atoms with Crippen molar-refractivity contribution in [2.24, 2.45) is 0 Å². The van der Waals surface area contributed by atoms with E-state index in [1.165, 1.54) is 0 Å². The molecule has 5 heteroatoms. The summed E-state index contributed by atoms with van der Waals surface area (Å²) < 4.78 is 6.17. The Morgan fingerprint density at radius 1 is 1.12 bits per heavy atom. The third kappa shape index (κ3) is 3.61. The zero-order valence-electron chi connectivity index (χ0n) is 14.0. The Bertz CT molecular complexity index is 1050. The SMILES string of the molecule is COc1ccc2ccccc2c1/C=C(/C#N)C(=O)Nc1ccccc1Br. The number of anilines is 1. The molecule has 128 valence electrons. The van der Waals surface area contributed by atoms with E-state index >= 15 is 0 Å². The summed E-state index contributed by atoms with van der Waals surface area (Å²) in [6, 6.07) is 20.7. The van der Waals surface area contributed by atoms with Gasteiger partial charge in [0.2, 0.25) is 0 Å². The first-order valence-corrected chi connectivity index (χ1v) is 8.66. The number of fused-ring (bicyclic) bond motifs is 1. The molecule has 1 amide bonds. The number of nitrogens with zero attached hydrogens (tertiary/aromatic N) is 1. The molecule has 0 bridgehead atoms. The number of methoxy groups -OCH3 is 1. The van der Waals surface area contributed by atoms with Gasteiger partial charge in [-0.2, -0.15) is 5.26 Å². The summed E-state index contributed by atoms with van der Waals surface area (Å²) in [5, 5.41) is 14.2. The number of carbonyl (C=O) groups excluding carboxylic acids is 1. The Kier molecular flexibility index (Phi) is 5.35. The molecule has 1 N–H and O–H groups in total. The number of halogens is 1. The molecule has 0 radical (unpaired) electrons. The fourth-order valence-corrected chi connectivity index (χ4v) is 3.03. The summed E-state index contributed by atoms with van der Waals surface area (Å²) in [5.74, 6) is 0.125. The molecule has 0 aliphatic heterocycles. The maximum absolute atomic E-state index is 12.6. The summed E-state index contributed by atoms with van der Waals surface area (Å²) in [6.45, 7) is 0. The van der Waals surface area contributed by atoms with E-state index in [0.717, 1.165) is 15.2 Å². The van der Waals surface area contributed by atoms with E-state index in [0.29, 0.717) is 17.0 Å². The molecular formula is C21H15BrN2O2. The van der Waals surface area contributed by atoms with E-state index in [-0.39, 0.29) is 5.57 Å². The molecule has 0 aromatic heterocycles. The summed E-state index contributed by atoms with van der Waals surface area (Å²) in [4.78, 5) is 12.6. The third-order valence-corrected chi connectivity index (χ3v) is 4.62. The van der Waals surface area contributed by atoms with Gasteiger partial charge in [0.05, 0.1) is 12.8 Å². The Labute approximate surface area is 159 Å². The van der Waals surface area contributed by atoms with E-state index in [1.807, 2.05) is 60.7 Å². The minimum atomic E-state index is -0.477. The molecule has 0 aliphatic carbocycles. The molecule has 3 rings (SSSR count). The highest BCUT2D eigenvalue weighted by molar-refractivity contribution is 9.10. The van der Waals surface area contributed by atoms with Crippen molar-refractivity contribution < 1.29 is 9.53 Å². The Morgan fingerprint density at radius 2 is 1.85 bits per heavy atom. The lowest BCUT2D eigenvalue weighted by atomic mass is 10.0. The molecule has 0 saturated heterocycles. The zero-order valence-corrected chi connectivity index (χ0v) is 15.6. The van der Waals surface area contributed by atoms with Crippen LogP contribution in [0, 0.1) is 11.3 Å². The maximum atomic E-state index is 12.6. The van der Waals surface area contributed by atoms with Crippen molar-refractivity contribution in [3.05, 3.63) is 76.3 Å². The first-order chi connectivity index (χ1) is 12.6. The highest BCUT2D eigenvalue weighted by Gasteiger charge is 2.14. The lowest BCUT2D eigenvalue weighted by molar-refractivity contribution is -0.112. The number of para-hydroxylation sites is 1. The molecule has 0 heterocycles. The average molecular weight is 407 g/mol. The van der Waals surface area contributed by atoms with Crippen molar-refractivity contribution in [2.45, 2.75) is 0 Å². The summed E-state index contributed by atoms with van der Waals surface area (Å²) in [7, 11) is 1.56. The van der Waals surface area contributed by atoms with E-state index in [4.69, 9.17) is 4.74 Å². The van der Waals surface area contributed by atoms with Crippen molar-refractivity contribution in [3.8, 4) is 11.8 Å². The second-order valence-electron chi connectivity index (χ2n) is 5.51. The number of hydrogen-bond donors (Lipinski definition) is 1. The highest BCUT2D eigenvalue weighted by atomic mass is 79.9.